The Labute approximate surface area is 323 Å². The van der Waals surface area contributed by atoms with Gasteiger partial charge >= 0.3 is 325 Å². The molecule has 1 fully saturated rings. The molecule has 6 nitrogen and oxygen atoms in total. The van der Waals surface area contributed by atoms with Crippen LogP contribution < -0.4 is 28.5 Å². The molecule has 0 saturated carbocycles. The van der Waals surface area contributed by atoms with Gasteiger partial charge in [-0.25, -0.2) is 0 Å². The van der Waals surface area contributed by atoms with Crippen molar-refractivity contribution in [2.45, 2.75) is 25.8 Å². The monoisotopic (exact) mass is 801 g/mol. The third-order valence-electron chi connectivity index (χ3n) is 9.81. The van der Waals surface area contributed by atoms with Crippen molar-refractivity contribution in [2.75, 3.05) is 31.1 Å². The van der Waals surface area contributed by atoms with E-state index in [4.69, 9.17) is 26.2 Å². The summed E-state index contributed by atoms with van der Waals surface area (Å²) in [6.45, 7) is 12.5. The average Bonchev–Trinajstić information content (AvgIpc) is 3.17. The van der Waals surface area contributed by atoms with Crippen LogP contribution in [-0.2, 0) is 4.79 Å². The first-order chi connectivity index (χ1) is 25.6. The molecule has 1 aliphatic heterocycles. The van der Waals surface area contributed by atoms with E-state index in [2.05, 4.69) is 68.6 Å². The van der Waals surface area contributed by atoms with Crippen molar-refractivity contribution in [3.8, 4) is 16.9 Å². The van der Waals surface area contributed by atoms with E-state index < -0.39 is 29.9 Å². The summed E-state index contributed by atoms with van der Waals surface area (Å²) in [5.41, 5.74) is 0.838. The van der Waals surface area contributed by atoms with Crippen LogP contribution in [0.5, 0.6) is 5.75 Å². The third kappa shape index (κ3) is 7.16. The van der Waals surface area contributed by atoms with Crippen LogP contribution in [-0.4, -0.2) is 71.3 Å². The van der Waals surface area contributed by atoms with Crippen LogP contribution in [0.2, 0.25) is 10.1 Å². The average molecular weight is 802 g/mol. The van der Waals surface area contributed by atoms with Crippen LogP contribution in [0.1, 0.15) is 20.8 Å². The Kier molecular flexibility index (Phi) is 10.6. The quantitative estimate of drug-likeness (QED) is 0.123. The SMILES string of the molecule is C=CC(=O)N1CCN(c2nnc([As]c3ccccc3)c3cc(-c4c(F)cccc4O[Si](c4ccccc4)(c4ccccc4)C(C)(C)C)c(Cl)cc23)CC1. The molecular weight excluding hydrogens is 762 g/mol. The van der Waals surface area contributed by atoms with Crippen LogP contribution in [0, 0.1) is 5.82 Å². The zero-order valence-corrected chi connectivity index (χ0v) is 33.6. The Morgan fingerprint density at radius 1 is 0.830 bits per heavy atom. The molecule has 0 N–H and O–H groups in total. The summed E-state index contributed by atoms with van der Waals surface area (Å²) in [5.74, 6) is 0.611. The Morgan fingerprint density at radius 3 is 2.02 bits per heavy atom. The first kappa shape index (κ1) is 36.6. The van der Waals surface area contributed by atoms with Gasteiger partial charge in [-0.2, -0.15) is 0 Å². The number of nitrogens with zero attached hydrogens (tertiary/aromatic N) is 4. The zero-order valence-electron chi connectivity index (χ0n) is 30.0. The molecule has 5 aromatic carbocycles. The summed E-state index contributed by atoms with van der Waals surface area (Å²) in [5, 5.41) is 13.5. The van der Waals surface area contributed by atoms with Gasteiger partial charge in [0.2, 0.25) is 0 Å². The van der Waals surface area contributed by atoms with Gasteiger partial charge < -0.3 is 0 Å². The number of amides is 1. The van der Waals surface area contributed by atoms with Crippen LogP contribution in [0.4, 0.5) is 10.2 Å². The van der Waals surface area contributed by atoms with E-state index in [9.17, 15) is 4.79 Å². The van der Waals surface area contributed by atoms with Crippen LogP contribution in [0.25, 0.3) is 21.9 Å². The molecular formula is C43H40AsClFN4O2Si. The Balaban J connectivity index is 1.41. The summed E-state index contributed by atoms with van der Waals surface area (Å²) in [6.07, 6.45) is 1.35. The number of anilines is 1. The first-order valence-corrected chi connectivity index (χ1v) is 21.8. The number of hydrogen-bond donors (Lipinski definition) is 0. The van der Waals surface area contributed by atoms with Gasteiger partial charge in [0, 0.05) is 0 Å². The molecule has 0 atom stereocenters. The number of benzene rings is 5. The second-order valence-electron chi connectivity index (χ2n) is 14.1. The van der Waals surface area contributed by atoms with Gasteiger partial charge in [-0.15, -0.1) is 0 Å². The van der Waals surface area contributed by atoms with Crippen molar-refractivity contribution in [3.05, 3.63) is 145 Å². The van der Waals surface area contributed by atoms with Crippen LogP contribution in [0.3, 0.4) is 0 Å². The number of fused-ring (bicyclic) bond motifs is 1. The summed E-state index contributed by atoms with van der Waals surface area (Å²) in [4.78, 5) is 16.2. The predicted octanol–water partition coefficient (Wildman–Crippen LogP) is 6.52. The third-order valence-corrected chi connectivity index (χ3v) is 17.4. The normalized spacial score (nSPS) is 13.8. The van der Waals surface area contributed by atoms with Crippen LogP contribution in [0.15, 0.2) is 134 Å². The summed E-state index contributed by atoms with van der Waals surface area (Å²) in [6, 6.07) is 39.8. The molecule has 53 heavy (non-hydrogen) atoms. The molecule has 10 heteroatoms. The molecule has 6 aromatic rings. The second-order valence-corrected chi connectivity index (χ2v) is 21.1. The predicted molar refractivity (Wildman–Crippen MR) is 219 cm³/mol. The van der Waals surface area contributed by atoms with Crippen molar-refractivity contribution in [2.24, 2.45) is 0 Å². The van der Waals surface area contributed by atoms with E-state index in [1.807, 2.05) is 72.8 Å². The molecule has 1 amide bonds. The van der Waals surface area contributed by atoms with E-state index in [1.54, 1.807) is 11.0 Å². The van der Waals surface area contributed by atoms with E-state index >= 15 is 4.39 Å². The molecule has 2 heterocycles. The maximum atomic E-state index is 16.5. The maximum absolute atomic E-state index is 16.5. The molecule has 0 aliphatic carbocycles. The minimum absolute atomic E-state index is 0.0866. The van der Waals surface area contributed by atoms with E-state index in [0.29, 0.717) is 53.9 Å². The molecule has 1 radical (unpaired) electrons. The Bertz CT molecular complexity index is 2230. The molecule has 0 bridgehead atoms. The standard InChI is InChI=1S/C43H40AsClFN4O2Si/c1-5-39(51)49-24-26-50(27-25-49)42-34-29-36(45)35(28-33(34)41(47-48-42)44-30-16-9-6-10-17-30)40-37(46)22-15-23-38(40)52-53(43(2,3)4,31-18-11-7-12-19-31)32-20-13-8-14-21-32/h5-23,28-29H,1,24-27H2,2-4H3. The molecule has 1 saturated heterocycles. The van der Waals surface area contributed by atoms with Crippen molar-refractivity contribution < 1.29 is 13.6 Å². The van der Waals surface area contributed by atoms with E-state index in [0.717, 1.165) is 25.6 Å². The number of carbonyl (C=O) groups excluding carboxylic acids is 1. The fourth-order valence-corrected chi connectivity index (χ4v) is 13.9. The first-order valence-electron chi connectivity index (χ1n) is 17.6. The number of aromatic nitrogens is 2. The minimum atomic E-state index is -3.13. The second kappa shape index (κ2) is 15.3. The summed E-state index contributed by atoms with van der Waals surface area (Å²) in [7, 11) is -3.13. The van der Waals surface area contributed by atoms with Gasteiger partial charge in [-0.1, -0.05) is 0 Å². The van der Waals surface area contributed by atoms with Crippen LogP contribution >= 0.6 is 11.6 Å². The van der Waals surface area contributed by atoms with Gasteiger partial charge in [0.25, 0.3) is 0 Å². The Hall–Kier alpha value is -4.75. The van der Waals surface area contributed by atoms with Gasteiger partial charge in [0.05, 0.1) is 0 Å². The number of halogens is 2. The summed E-state index contributed by atoms with van der Waals surface area (Å²) < 4.78 is 26.0. The number of carbonyl (C=O) groups is 1. The fourth-order valence-electron chi connectivity index (χ4n) is 7.21. The van der Waals surface area contributed by atoms with E-state index in [-0.39, 0.29) is 10.9 Å². The number of piperazine rings is 1. The van der Waals surface area contributed by atoms with Crippen molar-refractivity contribution in [1.82, 2.24) is 15.1 Å². The zero-order chi connectivity index (χ0) is 37.2. The fraction of sp³-hybridized carbons (Fsp3) is 0.186. The van der Waals surface area contributed by atoms with E-state index in [1.165, 1.54) is 16.5 Å². The Morgan fingerprint density at radius 2 is 1.43 bits per heavy atom. The van der Waals surface area contributed by atoms with Gasteiger partial charge in [-0.05, 0) is 0 Å². The molecule has 1 aromatic heterocycles. The van der Waals surface area contributed by atoms with Gasteiger partial charge in [0.1, 0.15) is 0 Å². The van der Waals surface area contributed by atoms with Crippen molar-refractivity contribution in [1.29, 1.82) is 0 Å². The van der Waals surface area contributed by atoms with Gasteiger partial charge in [-0.3, -0.25) is 0 Å². The molecule has 0 unspecified atom stereocenters. The molecule has 7 rings (SSSR count). The number of rotatable bonds is 9. The molecule has 267 valence electrons. The van der Waals surface area contributed by atoms with Crippen molar-refractivity contribution in [3.63, 3.8) is 0 Å². The van der Waals surface area contributed by atoms with Gasteiger partial charge in [0.15, 0.2) is 0 Å². The topological polar surface area (TPSA) is 58.6 Å². The summed E-state index contributed by atoms with van der Waals surface area (Å²) >= 11 is 6.69. The molecule has 0 spiro atoms. The van der Waals surface area contributed by atoms with Crippen molar-refractivity contribution >= 4 is 77.4 Å². The number of hydrogen-bond acceptors (Lipinski definition) is 5. The molecule has 1 aliphatic rings.